The highest BCUT2D eigenvalue weighted by Crippen LogP contribution is 2.31. The molecule has 1 heterocycles. The number of carbonyl (C=O) groups excluding carboxylic acids is 1. The van der Waals surface area contributed by atoms with Gasteiger partial charge in [-0.1, -0.05) is 30.7 Å². The van der Waals surface area contributed by atoms with Crippen LogP contribution in [0.15, 0.2) is 24.3 Å². The zero-order valence-electron chi connectivity index (χ0n) is 10.5. The summed E-state index contributed by atoms with van der Waals surface area (Å²) < 4.78 is 0. The molecule has 1 aromatic carbocycles. The van der Waals surface area contributed by atoms with Gasteiger partial charge in [0.15, 0.2) is 0 Å². The standard InChI is InChI=1S/C14H18ClNO2/c1-2-13(11-3-5-12(15)6-4-11)16-8-10(9-17)7-14(16)18/h3-6,10,13,17H,2,7-9H2,1H3. The summed E-state index contributed by atoms with van der Waals surface area (Å²) in [5.74, 6) is 0.217. The molecule has 1 aliphatic heterocycles. The Kier molecular flexibility index (Phi) is 4.25. The Morgan fingerprint density at radius 3 is 2.61 bits per heavy atom. The number of rotatable bonds is 4. The zero-order valence-corrected chi connectivity index (χ0v) is 11.2. The van der Waals surface area contributed by atoms with E-state index in [1.807, 2.05) is 29.2 Å². The smallest absolute Gasteiger partial charge is 0.223 e. The number of amides is 1. The highest BCUT2D eigenvalue weighted by molar-refractivity contribution is 6.30. The molecule has 4 heteroatoms. The van der Waals surface area contributed by atoms with Crippen molar-refractivity contribution in [3.8, 4) is 0 Å². The van der Waals surface area contributed by atoms with Crippen LogP contribution in [0.1, 0.15) is 31.4 Å². The Morgan fingerprint density at radius 1 is 1.44 bits per heavy atom. The lowest BCUT2D eigenvalue weighted by Crippen LogP contribution is -2.30. The zero-order chi connectivity index (χ0) is 13.1. The molecule has 1 fully saturated rings. The number of nitrogens with zero attached hydrogens (tertiary/aromatic N) is 1. The average molecular weight is 268 g/mol. The molecule has 0 spiro atoms. The van der Waals surface area contributed by atoms with E-state index in [9.17, 15) is 4.79 Å². The number of carbonyl (C=O) groups is 1. The second kappa shape index (κ2) is 5.72. The fourth-order valence-corrected chi connectivity index (χ4v) is 2.68. The maximum atomic E-state index is 12.0. The number of aliphatic hydroxyl groups excluding tert-OH is 1. The first kappa shape index (κ1) is 13.4. The van der Waals surface area contributed by atoms with E-state index in [1.54, 1.807) is 0 Å². The summed E-state index contributed by atoms with van der Waals surface area (Å²) >= 11 is 5.88. The van der Waals surface area contributed by atoms with E-state index < -0.39 is 0 Å². The Hall–Kier alpha value is -1.06. The van der Waals surface area contributed by atoms with Crippen LogP contribution < -0.4 is 0 Å². The lowest BCUT2D eigenvalue weighted by Gasteiger charge is -2.27. The maximum absolute atomic E-state index is 12.0. The van der Waals surface area contributed by atoms with Gasteiger partial charge in [0.25, 0.3) is 0 Å². The fraction of sp³-hybridized carbons (Fsp3) is 0.500. The van der Waals surface area contributed by atoms with Crippen LogP contribution in [-0.2, 0) is 4.79 Å². The molecule has 0 saturated carbocycles. The predicted molar refractivity (Wildman–Crippen MR) is 71.4 cm³/mol. The van der Waals surface area contributed by atoms with Gasteiger partial charge in [-0.15, -0.1) is 0 Å². The van der Waals surface area contributed by atoms with E-state index in [2.05, 4.69) is 6.92 Å². The van der Waals surface area contributed by atoms with Gasteiger partial charge in [-0.2, -0.15) is 0 Å². The number of aliphatic hydroxyl groups is 1. The molecule has 2 atom stereocenters. The van der Waals surface area contributed by atoms with Crippen LogP contribution in [0.2, 0.25) is 5.02 Å². The quantitative estimate of drug-likeness (QED) is 0.911. The summed E-state index contributed by atoms with van der Waals surface area (Å²) in [6.45, 7) is 2.80. The van der Waals surface area contributed by atoms with Crippen molar-refractivity contribution >= 4 is 17.5 Å². The second-order valence-corrected chi connectivity index (χ2v) is 5.21. The maximum Gasteiger partial charge on any atom is 0.223 e. The van der Waals surface area contributed by atoms with Gasteiger partial charge in [0.2, 0.25) is 5.91 Å². The van der Waals surface area contributed by atoms with Crippen LogP contribution >= 0.6 is 11.6 Å². The summed E-state index contributed by atoms with van der Waals surface area (Å²) in [6, 6.07) is 7.73. The summed E-state index contributed by atoms with van der Waals surface area (Å²) in [6.07, 6.45) is 1.33. The summed E-state index contributed by atoms with van der Waals surface area (Å²) in [5.41, 5.74) is 1.11. The van der Waals surface area contributed by atoms with E-state index in [0.717, 1.165) is 12.0 Å². The molecular weight excluding hydrogens is 250 g/mol. The van der Waals surface area contributed by atoms with Gasteiger partial charge in [0.05, 0.1) is 6.04 Å². The number of hydrogen-bond acceptors (Lipinski definition) is 2. The largest absolute Gasteiger partial charge is 0.396 e. The van der Waals surface area contributed by atoms with Crippen molar-refractivity contribution in [2.45, 2.75) is 25.8 Å². The molecule has 0 radical (unpaired) electrons. The van der Waals surface area contributed by atoms with Crippen molar-refractivity contribution in [3.63, 3.8) is 0 Å². The number of halogens is 1. The highest BCUT2D eigenvalue weighted by atomic mass is 35.5. The summed E-state index contributed by atoms with van der Waals surface area (Å²) in [4.78, 5) is 13.9. The lowest BCUT2D eigenvalue weighted by atomic mass is 10.0. The second-order valence-electron chi connectivity index (χ2n) is 4.77. The van der Waals surface area contributed by atoms with Crippen molar-refractivity contribution in [2.75, 3.05) is 13.2 Å². The first-order valence-corrected chi connectivity index (χ1v) is 6.69. The molecule has 1 aliphatic rings. The molecule has 1 aromatic rings. The minimum absolute atomic E-state index is 0.0823. The highest BCUT2D eigenvalue weighted by Gasteiger charge is 2.33. The van der Waals surface area contributed by atoms with Gasteiger partial charge in [0, 0.05) is 30.5 Å². The monoisotopic (exact) mass is 267 g/mol. The van der Waals surface area contributed by atoms with Gasteiger partial charge < -0.3 is 10.0 Å². The van der Waals surface area contributed by atoms with Gasteiger partial charge in [-0.25, -0.2) is 0 Å². The molecule has 98 valence electrons. The first-order valence-electron chi connectivity index (χ1n) is 6.31. The van der Waals surface area contributed by atoms with Crippen molar-refractivity contribution in [3.05, 3.63) is 34.9 Å². The number of hydrogen-bond donors (Lipinski definition) is 1. The van der Waals surface area contributed by atoms with Crippen molar-refractivity contribution < 1.29 is 9.90 Å². The minimum atomic E-state index is 0.0823. The Balaban J connectivity index is 2.18. The minimum Gasteiger partial charge on any atom is -0.396 e. The van der Waals surface area contributed by atoms with Crippen LogP contribution in [-0.4, -0.2) is 29.1 Å². The van der Waals surface area contributed by atoms with Crippen LogP contribution in [0.3, 0.4) is 0 Å². The average Bonchev–Trinajstić information content (AvgIpc) is 2.74. The van der Waals surface area contributed by atoms with Gasteiger partial charge in [-0.3, -0.25) is 4.79 Å². The van der Waals surface area contributed by atoms with Crippen LogP contribution in [0, 0.1) is 5.92 Å². The summed E-state index contributed by atoms with van der Waals surface area (Å²) in [5, 5.41) is 9.87. The van der Waals surface area contributed by atoms with Gasteiger partial charge in [-0.05, 0) is 24.1 Å². The van der Waals surface area contributed by atoms with E-state index in [1.165, 1.54) is 0 Å². The van der Waals surface area contributed by atoms with Crippen molar-refractivity contribution in [1.82, 2.24) is 4.90 Å². The first-order chi connectivity index (χ1) is 8.65. The van der Waals surface area contributed by atoms with Crippen LogP contribution in [0.25, 0.3) is 0 Å². The van der Waals surface area contributed by atoms with E-state index in [0.29, 0.717) is 18.0 Å². The third-order valence-electron chi connectivity index (χ3n) is 3.51. The molecule has 0 aromatic heterocycles. The lowest BCUT2D eigenvalue weighted by molar-refractivity contribution is -0.129. The summed E-state index contributed by atoms with van der Waals surface area (Å²) in [7, 11) is 0. The molecule has 2 unspecified atom stereocenters. The van der Waals surface area contributed by atoms with E-state index in [4.69, 9.17) is 16.7 Å². The molecule has 1 N–H and O–H groups in total. The molecule has 3 nitrogen and oxygen atoms in total. The van der Waals surface area contributed by atoms with Gasteiger partial charge in [0.1, 0.15) is 0 Å². The van der Waals surface area contributed by atoms with Crippen LogP contribution in [0.4, 0.5) is 0 Å². The predicted octanol–water partition coefficient (Wildman–Crippen LogP) is 2.63. The SMILES string of the molecule is CCC(c1ccc(Cl)cc1)N1CC(CO)CC1=O. The van der Waals surface area contributed by atoms with Crippen LogP contribution in [0.5, 0.6) is 0 Å². The van der Waals surface area contributed by atoms with Crippen molar-refractivity contribution in [2.24, 2.45) is 5.92 Å². The normalized spacial score (nSPS) is 21.4. The molecule has 2 rings (SSSR count). The fourth-order valence-electron chi connectivity index (χ4n) is 2.55. The number of benzene rings is 1. The molecule has 1 saturated heterocycles. The molecule has 0 aliphatic carbocycles. The third kappa shape index (κ3) is 2.68. The molecule has 18 heavy (non-hydrogen) atoms. The van der Waals surface area contributed by atoms with Crippen molar-refractivity contribution in [1.29, 1.82) is 0 Å². The Labute approximate surface area is 112 Å². The Bertz CT molecular complexity index is 418. The molecule has 1 amide bonds. The van der Waals surface area contributed by atoms with E-state index in [-0.39, 0.29) is 24.5 Å². The van der Waals surface area contributed by atoms with E-state index >= 15 is 0 Å². The topological polar surface area (TPSA) is 40.5 Å². The number of likely N-dealkylation sites (tertiary alicyclic amines) is 1. The third-order valence-corrected chi connectivity index (χ3v) is 3.77. The molecule has 0 bridgehead atoms. The Morgan fingerprint density at radius 2 is 2.11 bits per heavy atom. The van der Waals surface area contributed by atoms with Gasteiger partial charge >= 0.3 is 0 Å². The molecular formula is C14H18ClNO2.